The van der Waals surface area contributed by atoms with Crippen LogP contribution in [0.15, 0.2) is 109 Å². The van der Waals surface area contributed by atoms with E-state index in [2.05, 4.69) is 147 Å². The van der Waals surface area contributed by atoms with Crippen LogP contribution in [0.5, 0.6) is 5.75 Å². The van der Waals surface area contributed by atoms with Gasteiger partial charge in [-0.1, -0.05) is 145 Å². The first-order valence-corrected chi connectivity index (χ1v) is 19.0. The number of hydrogen-bond donors (Lipinski definition) is 1. The maximum atomic E-state index is 11.4. The number of nitrogens with zero attached hydrogens (tertiary/aromatic N) is 3. The Morgan fingerprint density at radius 2 is 1.22 bits per heavy atom. The maximum Gasteiger partial charge on any atom is 0.148 e. The van der Waals surface area contributed by atoms with Gasteiger partial charge in [0.15, 0.2) is 0 Å². The Labute approximate surface area is 342 Å². The average molecular weight is 906 g/mol. The molecule has 0 saturated heterocycles. The number of fused-ring (bicyclic) bond motifs is 1. The summed E-state index contributed by atoms with van der Waals surface area (Å²) in [6, 6.07) is 39.9. The zero-order chi connectivity index (χ0) is 38.7. The molecule has 5 aromatic carbocycles. The monoisotopic (exact) mass is 905 g/mol. The molecule has 4 nitrogen and oxygen atoms in total. The summed E-state index contributed by atoms with van der Waals surface area (Å²) in [6.45, 7) is 24.7. The number of aromatic nitrogens is 3. The van der Waals surface area contributed by atoms with Crippen molar-refractivity contribution in [1.29, 1.82) is 0 Å². The zero-order valence-electron chi connectivity index (χ0n) is 34.0. The van der Waals surface area contributed by atoms with Gasteiger partial charge in [-0.25, -0.2) is 4.98 Å². The van der Waals surface area contributed by atoms with E-state index in [0.717, 1.165) is 61.4 Å². The van der Waals surface area contributed by atoms with Crippen molar-refractivity contribution in [3.8, 4) is 56.3 Å². The van der Waals surface area contributed by atoms with E-state index in [1.807, 2.05) is 42.6 Å². The maximum absolute atomic E-state index is 11.4. The fraction of sp³-hybridized carbons (Fsp3) is 0.280. The summed E-state index contributed by atoms with van der Waals surface area (Å²) < 4.78 is 2.25. The SMILES string of the molecule is Cc1cc2c(nc(-c3ccccc3O)n2-c2cc(C(C)(C)C)cc(C(C)(C)C)c2)c(-c2[c-]c(-c3ccccn3)cc(-c3ccc(C(C)(C)C)cc3)c2)c1C.[Pt]. The largest absolute Gasteiger partial charge is 0.507 e. The van der Waals surface area contributed by atoms with Gasteiger partial charge in [-0.2, -0.15) is 0 Å². The van der Waals surface area contributed by atoms with Crippen molar-refractivity contribution in [1.82, 2.24) is 14.5 Å². The van der Waals surface area contributed by atoms with Gasteiger partial charge < -0.3 is 5.11 Å². The van der Waals surface area contributed by atoms with Crippen LogP contribution in [0, 0.1) is 19.9 Å². The first-order chi connectivity index (χ1) is 25.4. The van der Waals surface area contributed by atoms with Crippen LogP contribution in [0.3, 0.4) is 0 Å². The number of pyridine rings is 1. The van der Waals surface area contributed by atoms with E-state index < -0.39 is 0 Å². The number of imidazole rings is 1. The quantitative estimate of drug-likeness (QED) is 0.175. The second kappa shape index (κ2) is 14.7. The number of benzene rings is 5. The van der Waals surface area contributed by atoms with E-state index in [4.69, 9.17) is 9.97 Å². The van der Waals surface area contributed by atoms with Crippen molar-refractivity contribution in [3.63, 3.8) is 0 Å². The van der Waals surface area contributed by atoms with Gasteiger partial charge in [0.2, 0.25) is 0 Å². The van der Waals surface area contributed by atoms with Crippen molar-refractivity contribution in [3.05, 3.63) is 143 Å². The number of aryl methyl sites for hydroxylation is 1. The number of aromatic hydroxyl groups is 1. The standard InChI is InChI=1S/C50H52N3O.Pt/c1-31-24-43-46(52-47(41-16-12-13-18-44(41)54)53(43)40-29-38(49(6,7)8)28-39(30-40)50(9,10)11)45(32(31)2)36-26-34(25-35(27-36)42-17-14-15-23-51-42)33-19-21-37(22-20-33)48(3,4)5;/h12-26,28-30,54H,1-11H3;/q-1;. The molecule has 5 heteroatoms. The molecular weight excluding hydrogens is 854 g/mol. The summed E-state index contributed by atoms with van der Waals surface area (Å²) in [7, 11) is 0. The smallest absolute Gasteiger partial charge is 0.148 e. The number of rotatable bonds is 5. The van der Waals surface area contributed by atoms with Crippen LogP contribution >= 0.6 is 0 Å². The molecule has 55 heavy (non-hydrogen) atoms. The van der Waals surface area contributed by atoms with E-state index in [0.29, 0.717) is 11.4 Å². The third-order valence-corrected chi connectivity index (χ3v) is 10.7. The fourth-order valence-electron chi connectivity index (χ4n) is 7.17. The van der Waals surface area contributed by atoms with Crippen LogP contribution in [0.1, 0.15) is 90.1 Å². The molecule has 284 valence electrons. The normalized spacial score (nSPS) is 12.2. The van der Waals surface area contributed by atoms with Crippen molar-refractivity contribution >= 4 is 11.0 Å². The molecule has 0 unspecified atom stereocenters. The van der Waals surface area contributed by atoms with Crippen LogP contribution < -0.4 is 0 Å². The second-order valence-electron chi connectivity index (χ2n) is 17.9. The van der Waals surface area contributed by atoms with Crippen LogP contribution in [0.4, 0.5) is 0 Å². The van der Waals surface area contributed by atoms with Crippen LogP contribution in [-0.4, -0.2) is 19.6 Å². The molecule has 0 atom stereocenters. The first kappa shape index (κ1) is 39.9. The Morgan fingerprint density at radius 3 is 1.80 bits per heavy atom. The third-order valence-electron chi connectivity index (χ3n) is 10.7. The van der Waals surface area contributed by atoms with Crippen molar-refractivity contribution in [2.45, 2.75) is 92.4 Å². The average Bonchev–Trinajstić information content (AvgIpc) is 3.49. The van der Waals surface area contributed by atoms with E-state index in [9.17, 15) is 5.11 Å². The molecule has 1 N–H and O–H groups in total. The molecule has 0 fully saturated rings. The van der Waals surface area contributed by atoms with Gasteiger partial charge in [0, 0.05) is 38.6 Å². The summed E-state index contributed by atoms with van der Waals surface area (Å²) in [5.74, 6) is 0.885. The fourth-order valence-corrected chi connectivity index (χ4v) is 7.17. The molecule has 0 spiro atoms. The minimum Gasteiger partial charge on any atom is -0.507 e. The third kappa shape index (κ3) is 7.85. The van der Waals surface area contributed by atoms with Gasteiger partial charge in [-0.3, -0.25) is 9.55 Å². The van der Waals surface area contributed by atoms with Gasteiger partial charge in [0.1, 0.15) is 11.6 Å². The minimum atomic E-state index is -0.0819. The van der Waals surface area contributed by atoms with Gasteiger partial charge in [0.25, 0.3) is 0 Å². The van der Waals surface area contributed by atoms with Gasteiger partial charge in [-0.15, -0.1) is 23.8 Å². The number of phenols is 1. The number of para-hydroxylation sites is 1. The van der Waals surface area contributed by atoms with E-state index in [1.165, 1.54) is 16.7 Å². The van der Waals surface area contributed by atoms with Gasteiger partial charge >= 0.3 is 0 Å². The Morgan fingerprint density at radius 1 is 0.618 bits per heavy atom. The number of hydrogen-bond acceptors (Lipinski definition) is 3. The minimum absolute atomic E-state index is 0. The molecule has 0 aliphatic rings. The van der Waals surface area contributed by atoms with Crippen LogP contribution in [0.2, 0.25) is 0 Å². The Bertz CT molecular complexity index is 2480. The van der Waals surface area contributed by atoms with Crippen LogP contribution in [0.25, 0.3) is 61.6 Å². The predicted octanol–water partition coefficient (Wildman–Crippen LogP) is 13.1. The molecule has 0 aliphatic carbocycles. The first-order valence-electron chi connectivity index (χ1n) is 19.0. The summed E-state index contributed by atoms with van der Waals surface area (Å²) in [6.07, 6.45) is 1.83. The molecule has 7 aromatic rings. The van der Waals surface area contributed by atoms with E-state index in [-0.39, 0.29) is 43.1 Å². The molecule has 0 bridgehead atoms. The summed E-state index contributed by atoms with van der Waals surface area (Å²) in [4.78, 5) is 10.2. The second-order valence-corrected chi connectivity index (χ2v) is 17.9. The molecule has 0 amide bonds. The Hall–Kier alpha value is -4.79. The Balaban J connectivity index is 0.00000514. The summed E-state index contributed by atoms with van der Waals surface area (Å²) >= 11 is 0. The van der Waals surface area contributed by atoms with E-state index >= 15 is 0 Å². The molecule has 0 aliphatic heterocycles. The Kier molecular flexibility index (Phi) is 10.7. The van der Waals surface area contributed by atoms with Crippen molar-refractivity contribution in [2.24, 2.45) is 0 Å². The molecule has 0 radical (unpaired) electrons. The van der Waals surface area contributed by atoms with E-state index in [1.54, 1.807) is 6.07 Å². The molecule has 2 aromatic heterocycles. The predicted molar refractivity (Wildman–Crippen MR) is 227 cm³/mol. The van der Waals surface area contributed by atoms with Gasteiger partial charge in [0.05, 0.1) is 16.6 Å². The van der Waals surface area contributed by atoms with Crippen molar-refractivity contribution < 1.29 is 26.2 Å². The summed E-state index contributed by atoms with van der Waals surface area (Å²) in [5.41, 5.74) is 15.5. The summed E-state index contributed by atoms with van der Waals surface area (Å²) in [5, 5.41) is 11.4. The van der Waals surface area contributed by atoms with Crippen LogP contribution in [-0.2, 0) is 37.3 Å². The van der Waals surface area contributed by atoms with Crippen molar-refractivity contribution in [2.75, 3.05) is 0 Å². The molecule has 7 rings (SSSR count). The molecular formula is C50H52N3OPt-. The number of phenolic OH excluding ortho intramolecular Hbond substituents is 1. The molecule has 2 heterocycles. The molecule has 0 saturated carbocycles. The zero-order valence-corrected chi connectivity index (χ0v) is 36.3. The topological polar surface area (TPSA) is 50.9 Å². The van der Waals surface area contributed by atoms with Gasteiger partial charge in [-0.05, 0) is 88.7 Å².